The van der Waals surface area contributed by atoms with Crippen LogP contribution >= 0.6 is 12.2 Å². The van der Waals surface area contributed by atoms with Crippen LogP contribution in [0.1, 0.15) is 18.2 Å². The molecule has 0 amide bonds. The summed E-state index contributed by atoms with van der Waals surface area (Å²) in [6.07, 6.45) is 4.67. The van der Waals surface area contributed by atoms with Crippen molar-refractivity contribution in [2.75, 3.05) is 6.54 Å². The molecule has 0 saturated carbocycles. The molecule has 3 rings (SSSR count). The predicted molar refractivity (Wildman–Crippen MR) is 102 cm³/mol. The van der Waals surface area contributed by atoms with Crippen LogP contribution in [0.25, 0.3) is 10.9 Å². The van der Waals surface area contributed by atoms with E-state index in [9.17, 15) is 0 Å². The number of H-pyrrole nitrogens is 1. The Morgan fingerprint density at radius 3 is 2.88 bits per heavy atom. The highest BCUT2D eigenvalue weighted by Gasteiger charge is 2.03. The minimum atomic E-state index is 0.505. The van der Waals surface area contributed by atoms with Gasteiger partial charge in [-0.2, -0.15) is 5.10 Å². The summed E-state index contributed by atoms with van der Waals surface area (Å²) >= 11 is 5.26. The molecule has 3 aromatic rings. The van der Waals surface area contributed by atoms with E-state index in [0.717, 1.165) is 29.9 Å². The van der Waals surface area contributed by atoms with Crippen molar-refractivity contribution in [1.29, 1.82) is 0 Å². The number of hydrazone groups is 1. The van der Waals surface area contributed by atoms with Gasteiger partial charge in [0.15, 0.2) is 5.11 Å². The maximum atomic E-state index is 5.26. The van der Waals surface area contributed by atoms with Gasteiger partial charge in [-0.15, -0.1) is 0 Å². The molecule has 2 aromatic heterocycles. The summed E-state index contributed by atoms with van der Waals surface area (Å²) in [5.41, 5.74) is 6.90. The Bertz CT molecular complexity index is 854. The Labute approximate surface area is 146 Å². The fraction of sp³-hybridized carbons (Fsp3) is 0.167. The zero-order valence-electron chi connectivity index (χ0n) is 13.4. The first-order valence-corrected chi connectivity index (χ1v) is 8.19. The molecule has 0 unspecified atom stereocenters. The zero-order valence-corrected chi connectivity index (χ0v) is 14.2. The molecule has 0 fully saturated rings. The third-order valence-corrected chi connectivity index (χ3v) is 3.95. The number of hydrogen-bond donors (Lipinski definition) is 3. The molecule has 0 aliphatic heterocycles. The van der Waals surface area contributed by atoms with Crippen LogP contribution in [-0.4, -0.2) is 27.3 Å². The highest BCUT2D eigenvalue weighted by atomic mass is 32.1. The summed E-state index contributed by atoms with van der Waals surface area (Å²) in [7, 11) is 0. The fourth-order valence-corrected chi connectivity index (χ4v) is 2.61. The van der Waals surface area contributed by atoms with E-state index in [-0.39, 0.29) is 0 Å². The van der Waals surface area contributed by atoms with Crippen molar-refractivity contribution in [3.63, 3.8) is 0 Å². The second-order valence-corrected chi connectivity index (χ2v) is 5.80. The molecule has 24 heavy (non-hydrogen) atoms. The standard InChI is InChI=1S/C18H19N5S/c1-13(16-7-4-5-10-19-16)22-23-18(24)20-11-9-14-12-21-17-8-3-2-6-15(14)17/h2-8,10,12,21H,9,11H2,1H3,(H2,20,23,24)/b22-13+. The fourth-order valence-electron chi connectivity index (χ4n) is 2.46. The van der Waals surface area contributed by atoms with E-state index >= 15 is 0 Å². The van der Waals surface area contributed by atoms with E-state index in [0.29, 0.717) is 5.11 Å². The van der Waals surface area contributed by atoms with Crippen molar-refractivity contribution in [3.05, 3.63) is 66.1 Å². The van der Waals surface area contributed by atoms with E-state index < -0.39 is 0 Å². The molecule has 0 atom stereocenters. The largest absolute Gasteiger partial charge is 0.361 e. The van der Waals surface area contributed by atoms with E-state index in [1.807, 2.05) is 37.4 Å². The molecule has 3 N–H and O–H groups in total. The SMILES string of the molecule is C/C(=N\NC(=S)NCCc1c[nH]c2ccccc12)c1ccccn1. The second-order valence-electron chi connectivity index (χ2n) is 5.39. The number of rotatable bonds is 5. The summed E-state index contributed by atoms with van der Waals surface area (Å²) in [5.74, 6) is 0. The zero-order chi connectivity index (χ0) is 16.8. The van der Waals surface area contributed by atoms with Gasteiger partial charge in [-0.25, -0.2) is 0 Å². The van der Waals surface area contributed by atoms with Gasteiger partial charge in [0.05, 0.1) is 11.4 Å². The normalized spacial score (nSPS) is 11.5. The molecule has 0 aliphatic rings. The highest BCUT2D eigenvalue weighted by molar-refractivity contribution is 7.80. The van der Waals surface area contributed by atoms with Gasteiger partial charge in [-0.05, 0) is 49.3 Å². The third-order valence-electron chi connectivity index (χ3n) is 3.72. The van der Waals surface area contributed by atoms with Crippen molar-refractivity contribution < 1.29 is 0 Å². The van der Waals surface area contributed by atoms with Gasteiger partial charge in [-0.1, -0.05) is 24.3 Å². The lowest BCUT2D eigenvalue weighted by atomic mass is 10.1. The Kier molecular flexibility index (Phi) is 5.18. The predicted octanol–water partition coefficient (Wildman–Crippen LogP) is 2.99. The lowest BCUT2D eigenvalue weighted by molar-refractivity contribution is 0.839. The number of hydrogen-bond acceptors (Lipinski definition) is 3. The van der Waals surface area contributed by atoms with E-state index in [4.69, 9.17) is 12.2 Å². The van der Waals surface area contributed by atoms with Crippen LogP contribution in [0.5, 0.6) is 0 Å². The number of aromatic nitrogens is 2. The van der Waals surface area contributed by atoms with Crippen LogP contribution in [0.4, 0.5) is 0 Å². The van der Waals surface area contributed by atoms with Crippen LogP contribution in [0.3, 0.4) is 0 Å². The van der Waals surface area contributed by atoms with Gasteiger partial charge in [0.1, 0.15) is 0 Å². The number of para-hydroxylation sites is 1. The van der Waals surface area contributed by atoms with Gasteiger partial charge in [0.25, 0.3) is 0 Å². The van der Waals surface area contributed by atoms with Gasteiger partial charge < -0.3 is 10.3 Å². The number of nitrogens with zero attached hydrogens (tertiary/aromatic N) is 2. The van der Waals surface area contributed by atoms with Gasteiger partial charge in [-0.3, -0.25) is 10.4 Å². The maximum absolute atomic E-state index is 5.26. The Hall–Kier alpha value is -2.73. The van der Waals surface area contributed by atoms with Crippen molar-refractivity contribution in [1.82, 2.24) is 20.7 Å². The minimum absolute atomic E-state index is 0.505. The molecule has 0 spiro atoms. The average Bonchev–Trinajstić information content (AvgIpc) is 3.04. The molecule has 6 heteroatoms. The van der Waals surface area contributed by atoms with Gasteiger partial charge in [0, 0.05) is 29.8 Å². The maximum Gasteiger partial charge on any atom is 0.186 e. The lowest BCUT2D eigenvalue weighted by Gasteiger charge is -2.07. The quantitative estimate of drug-likeness (QED) is 0.380. The highest BCUT2D eigenvalue weighted by Crippen LogP contribution is 2.17. The van der Waals surface area contributed by atoms with Crippen LogP contribution in [0.2, 0.25) is 0 Å². The number of fused-ring (bicyclic) bond motifs is 1. The van der Waals surface area contributed by atoms with Crippen LogP contribution in [-0.2, 0) is 6.42 Å². The van der Waals surface area contributed by atoms with Crippen molar-refractivity contribution in [3.8, 4) is 0 Å². The summed E-state index contributed by atoms with van der Waals surface area (Å²) in [6.45, 7) is 2.63. The van der Waals surface area contributed by atoms with Gasteiger partial charge >= 0.3 is 0 Å². The van der Waals surface area contributed by atoms with Crippen molar-refractivity contribution in [2.24, 2.45) is 5.10 Å². The summed E-state index contributed by atoms with van der Waals surface area (Å²) in [5, 5.41) is 9.18. The molecule has 0 aliphatic carbocycles. The Morgan fingerprint density at radius 1 is 1.21 bits per heavy atom. The third kappa shape index (κ3) is 3.97. The number of nitrogens with one attached hydrogen (secondary N) is 3. The van der Waals surface area contributed by atoms with Crippen LogP contribution in [0, 0.1) is 0 Å². The van der Waals surface area contributed by atoms with Crippen LogP contribution in [0.15, 0.2) is 60.0 Å². The molecule has 122 valence electrons. The lowest BCUT2D eigenvalue weighted by Crippen LogP contribution is -2.34. The minimum Gasteiger partial charge on any atom is -0.361 e. The van der Waals surface area contributed by atoms with Crippen molar-refractivity contribution in [2.45, 2.75) is 13.3 Å². The first kappa shape index (κ1) is 16.1. The second kappa shape index (κ2) is 7.70. The number of pyridine rings is 1. The Balaban J connectivity index is 1.49. The summed E-state index contributed by atoms with van der Waals surface area (Å²) in [6, 6.07) is 14.0. The topological polar surface area (TPSA) is 65.1 Å². The first-order chi connectivity index (χ1) is 11.7. The molecule has 0 saturated heterocycles. The van der Waals surface area contributed by atoms with E-state index in [1.165, 1.54) is 10.9 Å². The molecule has 0 bridgehead atoms. The monoisotopic (exact) mass is 337 g/mol. The van der Waals surface area contributed by atoms with Crippen molar-refractivity contribution >= 4 is 33.9 Å². The molecule has 5 nitrogen and oxygen atoms in total. The van der Waals surface area contributed by atoms with Crippen LogP contribution < -0.4 is 10.7 Å². The molecular weight excluding hydrogens is 318 g/mol. The number of thiocarbonyl (C=S) groups is 1. The number of aromatic amines is 1. The van der Waals surface area contributed by atoms with E-state index in [2.05, 4.69) is 44.0 Å². The smallest absolute Gasteiger partial charge is 0.186 e. The Morgan fingerprint density at radius 2 is 2.04 bits per heavy atom. The van der Waals surface area contributed by atoms with E-state index in [1.54, 1.807) is 6.20 Å². The molecule has 0 radical (unpaired) electrons. The summed E-state index contributed by atoms with van der Waals surface area (Å²) < 4.78 is 0. The molecular formula is C18H19N5S. The first-order valence-electron chi connectivity index (χ1n) is 7.78. The molecule has 2 heterocycles. The van der Waals surface area contributed by atoms with Gasteiger partial charge in [0.2, 0.25) is 0 Å². The number of benzene rings is 1. The average molecular weight is 337 g/mol. The molecule has 1 aromatic carbocycles. The summed E-state index contributed by atoms with van der Waals surface area (Å²) in [4.78, 5) is 7.52.